The van der Waals surface area contributed by atoms with E-state index in [9.17, 15) is 4.79 Å². The first kappa shape index (κ1) is 22.1. The number of anilines is 1. The monoisotopic (exact) mass is 467 g/mol. The fourth-order valence-electron chi connectivity index (χ4n) is 4.28. The molecule has 34 heavy (non-hydrogen) atoms. The van der Waals surface area contributed by atoms with Crippen molar-refractivity contribution in [2.24, 2.45) is 0 Å². The van der Waals surface area contributed by atoms with E-state index in [1.165, 1.54) is 15.8 Å². The number of benzene rings is 3. The molecule has 2 aromatic heterocycles. The molecule has 0 amide bonds. The zero-order chi connectivity index (χ0) is 23.5. The van der Waals surface area contributed by atoms with Gasteiger partial charge in [-0.3, -0.25) is 0 Å². The minimum absolute atomic E-state index is 0.323. The SMILES string of the molecule is CCN(CC)c1ccc2cc(/C=C/c3sc4ccccc4[n+]3Cc3ccccc3)c(=O)oc2c1. The number of fused-ring (bicyclic) bond motifs is 2. The van der Waals surface area contributed by atoms with Crippen molar-refractivity contribution < 1.29 is 8.98 Å². The van der Waals surface area contributed by atoms with Crippen LogP contribution in [-0.2, 0) is 6.54 Å². The van der Waals surface area contributed by atoms with Crippen molar-refractivity contribution in [3.05, 3.63) is 105 Å². The summed E-state index contributed by atoms with van der Waals surface area (Å²) in [7, 11) is 0. The highest BCUT2D eigenvalue weighted by Gasteiger charge is 2.19. The number of para-hydroxylation sites is 1. The maximum Gasteiger partial charge on any atom is 0.343 e. The predicted octanol–water partition coefficient (Wildman–Crippen LogP) is 6.36. The third-order valence-corrected chi connectivity index (χ3v) is 7.23. The Balaban J connectivity index is 1.52. The van der Waals surface area contributed by atoms with E-state index < -0.39 is 0 Å². The van der Waals surface area contributed by atoms with Crippen molar-refractivity contribution in [1.82, 2.24) is 0 Å². The third kappa shape index (κ3) is 4.39. The lowest BCUT2D eigenvalue weighted by Crippen LogP contribution is -2.35. The van der Waals surface area contributed by atoms with Gasteiger partial charge in [0.25, 0.3) is 5.01 Å². The van der Waals surface area contributed by atoms with Gasteiger partial charge in [-0.2, -0.15) is 4.57 Å². The van der Waals surface area contributed by atoms with Crippen molar-refractivity contribution in [2.75, 3.05) is 18.0 Å². The van der Waals surface area contributed by atoms with Crippen LogP contribution < -0.4 is 15.1 Å². The summed E-state index contributed by atoms with van der Waals surface area (Å²) in [5.74, 6) is 0. The lowest BCUT2D eigenvalue weighted by Gasteiger charge is -2.20. The lowest BCUT2D eigenvalue weighted by molar-refractivity contribution is -0.659. The van der Waals surface area contributed by atoms with Crippen LogP contribution in [-0.4, -0.2) is 13.1 Å². The van der Waals surface area contributed by atoms with Crippen LogP contribution in [0.3, 0.4) is 0 Å². The number of rotatable bonds is 7. The molecule has 0 aliphatic rings. The summed E-state index contributed by atoms with van der Waals surface area (Å²) in [6.45, 7) is 6.83. The summed E-state index contributed by atoms with van der Waals surface area (Å²) in [5, 5.41) is 2.00. The summed E-state index contributed by atoms with van der Waals surface area (Å²) >= 11 is 1.72. The molecule has 0 saturated carbocycles. The minimum Gasteiger partial charge on any atom is -0.422 e. The third-order valence-electron chi connectivity index (χ3n) is 6.10. The average molecular weight is 468 g/mol. The van der Waals surface area contributed by atoms with Crippen LogP contribution in [0.2, 0.25) is 0 Å². The molecule has 0 N–H and O–H groups in total. The molecule has 5 aromatic rings. The van der Waals surface area contributed by atoms with E-state index in [1.54, 1.807) is 11.3 Å². The number of hydrogen-bond acceptors (Lipinski definition) is 4. The second-order valence-electron chi connectivity index (χ2n) is 8.20. The van der Waals surface area contributed by atoms with Gasteiger partial charge in [-0.05, 0) is 44.2 Å². The van der Waals surface area contributed by atoms with Crippen molar-refractivity contribution >= 4 is 50.4 Å². The van der Waals surface area contributed by atoms with Gasteiger partial charge in [0.05, 0.1) is 5.56 Å². The summed E-state index contributed by atoms with van der Waals surface area (Å²) < 4.78 is 9.22. The van der Waals surface area contributed by atoms with Crippen LogP contribution in [0.4, 0.5) is 5.69 Å². The number of hydrogen-bond donors (Lipinski definition) is 0. The molecule has 0 atom stereocenters. The van der Waals surface area contributed by atoms with Gasteiger partial charge in [0, 0.05) is 47.9 Å². The van der Waals surface area contributed by atoms with Crippen molar-refractivity contribution in [2.45, 2.75) is 20.4 Å². The molecule has 0 aliphatic heterocycles. The number of thiazole rings is 1. The molecule has 3 aromatic carbocycles. The fourth-order valence-corrected chi connectivity index (χ4v) is 5.35. The van der Waals surface area contributed by atoms with E-state index in [1.807, 2.05) is 36.4 Å². The van der Waals surface area contributed by atoms with Crippen LogP contribution in [0, 0.1) is 0 Å². The molecule has 2 heterocycles. The molecule has 5 heteroatoms. The predicted molar refractivity (Wildman–Crippen MR) is 143 cm³/mol. The summed E-state index contributed by atoms with van der Waals surface area (Å²) in [5.41, 5.74) is 4.33. The average Bonchev–Trinajstić information content (AvgIpc) is 3.21. The van der Waals surface area contributed by atoms with E-state index in [4.69, 9.17) is 4.42 Å². The molecule has 0 spiro atoms. The zero-order valence-corrected chi connectivity index (χ0v) is 20.2. The summed E-state index contributed by atoms with van der Waals surface area (Å²) in [6, 6.07) is 26.8. The van der Waals surface area contributed by atoms with E-state index in [-0.39, 0.29) is 5.63 Å². The molecule has 170 valence electrons. The normalized spacial score (nSPS) is 11.6. The van der Waals surface area contributed by atoms with Crippen LogP contribution >= 0.6 is 11.3 Å². The van der Waals surface area contributed by atoms with Crippen molar-refractivity contribution in [3.63, 3.8) is 0 Å². The second-order valence-corrected chi connectivity index (χ2v) is 9.26. The molecule has 0 saturated heterocycles. The quantitative estimate of drug-likeness (QED) is 0.206. The molecule has 0 aliphatic carbocycles. The van der Waals surface area contributed by atoms with E-state index in [0.29, 0.717) is 11.1 Å². The van der Waals surface area contributed by atoms with Crippen LogP contribution in [0.1, 0.15) is 30.0 Å². The van der Waals surface area contributed by atoms with E-state index in [0.717, 1.165) is 35.7 Å². The molecule has 5 rings (SSSR count). The first-order valence-corrected chi connectivity index (χ1v) is 12.4. The molecule has 0 unspecified atom stereocenters. The van der Waals surface area contributed by atoms with Gasteiger partial charge >= 0.3 is 5.63 Å². The maximum atomic E-state index is 12.8. The Kier molecular flexibility index (Phi) is 6.28. The summed E-state index contributed by atoms with van der Waals surface area (Å²) in [6.07, 6.45) is 3.89. The van der Waals surface area contributed by atoms with Crippen LogP contribution in [0.5, 0.6) is 0 Å². The number of nitrogens with zero attached hydrogens (tertiary/aromatic N) is 2. The van der Waals surface area contributed by atoms with Gasteiger partial charge in [-0.15, -0.1) is 0 Å². The Hall–Kier alpha value is -3.70. The van der Waals surface area contributed by atoms with Crippen molar-refractivity contribution in [3.8, 4) is 0 Å². The van der Waals surface area contributed by atoms with E-state index >= 15 is 0 Å². The zero-order valence-electron chi connectivity index (χ0n) is 19.4. The Morgan fingerprint density at radius 2 is 1.68 bits per heavy atom. The Morgan fingerprint density at radius 3 is 2.47 bits per heavy atom. The van der Waals surface area contributed by atoms with Crippen LogP contribution in [0.15, 0.2) is 88.1 Å². The van der Waals surface area contributed by atoms with Gasteiger partial charge in [0.2, 0.25) is 5.52 Å². The van der Waals surface area contributed by atoms with Gasteiger partial charge in [0.1, 0.15) is 10.3 Å². The highest BCUT2D eigenvalue weighted by atomic mass is 32.1. The van der Waals surface area contributed by atoms with Gasteiger partial charge < -0.3 is 9.32 Å². The molecular formula is C29H27N2O2S+. The summed E-state index contributed by atoms with van der Waals surface area (Å²) in [4.78, 5) is 15.0. The maximum absolute atomic E-state index is 12.8. The molecule has 0 bridgehead atoms. The van der Waals surface area contributed by atoms with Gasteiger partial charge in [0.15, 0.2) is 6.54 Å². The highest BCUT2D eigenvalue weighted by molar-refractivity contribution is 7.18. The first-order chi connectivity index (χ1) is 16.7. The molecule has 0 radical (unpaired) electrons. The van der Waals surface area contributed by atoms with Gasteiger partial charge in [-0.25, -0.2) is 4.79 Å². The molecule has 4 nitrogen and oxygen atoms in total. The topological polar surface area (TPSA) is 37.3 Å². The highest BCUT2D eigenvalue weighted by Crippen LogP contribution is 2.24. The van der Waals surface area contributed by atoms with Crippen LogP contribution in [0.25, 0.3) is 33.3 Å². The largest absolute Gasteiger partial charge is 0.422 e. The molecular weight excluding hydrogens is 440 g/mol. The minimum atomic E-state index is -0.323. The van der Waals surface area contributed by atoms with Gasteiger partial charge in [-0.1, -0.05) is 53.8 Å². The van der Waals surface area contributed by atoms with Crippen molar-refractivity contribution in [1.29, 1.82) is 0 Å². The first-order valence-electron chi connectivity index (χ1n) is 11.6. The standard InChI is InChI=1S/C29H27N2O2S/c1-3-30(4-2)24-16-14-22-18-23(29(32)33-26(22)19-24)15-17-28-31(20-21-10-6-5-7-11-21)25-12-8-9-13-27(25)34-28/h5-19H,3-4,20H2,1-2H3/q+1. The Bertz CT molecular complexity index is 1530. The molecule has 0 fully saturated rings. The second kappa shape index (κ2) is 9.65. The lowest BCUT2D eigenvalue weighted by atomic mass is 10.1. The Labute approximate surface area is 203 Å². The number of aromatic nitrogens is 1. The Morgan fingerprint density at radius 1 is 0.912 bits per heavy atom. The van der Waals surface area contributed by atoms with E-state index in [2.05, 4.69) is 77.9 Å². The smallest absolute Gasteiger partial charge is 0.343 e. The fraction of sp³-hybridized carbons (Fsp3) is 0.172.